The van der Waals surface area contributed by atoms with E-state index >= 15 is 0 Å². The molecule has 0 aliphatic heterocycles. The van der Waals surface area contributed by atoms with Crippen LogP contribution in [0.4, 0.5) is 0 Å². The number of hydrogen-bond acceptors (Lipinski definition) is 2. The van der Waals surface area contributed by atoms with Crippen LogP contribution in [0.1, 0.15) is 11.3 Å². The molecule has 0 spiro atoms. The van der Waals surface area contributed by atoms with Crippen molar-refractivity contribution >= 4 is 11.6 Å². The van der Waals surface area contributed by atoms with Crippen LogP contribution in [-0.2, 0) is 20.1 Å². The minimum absolute atomic E-state index is 0.774. The van der Waals surface area contributed by atoms with Gasteiger partial charge in [0.1, 0.15) is 0 Å². The summed E-state index contributed by atoms with van der Waals surface area (Å²) in [5.41, 5.74) is 2.40. The van der Waals surface area contributed by atoms with E-state index in [0.717, 1.165) is 18.1 Å². The van der Waals surface area contributed by atoms with E-state index in [2.05, 4.69) is 10.3 Å². The molecule has 3 nitrogen and oxygen atoms in total. The third-order valence-corrected chi connectivity index (χ3v) is 2.72. The van der Waals surface area contributed by atoms with Gasteiger partial charge in [-0.15, -0.1) is 0 Å². The number of aryl methyl sites for hydroxylation is 1. The molecule has 2 aromatic rings. The molecule has 0 aliphatic carbocycles. The van der Waals surface area contributed by atoms with Crippen LogP contribution in [0.2, 0.25) is 5.02 Å². The van der Waals surface area contributed by atoms with Crippen molar-refractivity contribution < 1.29 is 0 Å². The lowest BCUT2D eigenvalue weighted by atomic mass is 10.2. The summed E-state index contributed by atoms with van der Waals surface area (Å²) in [6, 6.07) is 7.86. The minimum Gasteiger partial charge on any atom is -0.337 e. The zero-order valence-corrected chi connectivity index (χ0v) is 9.91. The Morgan fingerprint density at radius 1 is 1.25 bits per heavy atom. The summed E-state index contributed by atoms with van der Waals surface area (Å²) in [6.45, 7) is 1.65. The Hall–Kier alpha value is -1.32. The molecule has 0 bridgehead atoms. The van der Waals surface area contributed by atoms with E-state index in [0.29, 0.717) is 0 Å². The summed E-state index contributed by atoms with van der Waals surface area (Å²) in [6.07, 6.45) is 3.67. The van der Waals surface area contributed by atoms with E-state index in [9.17, 15) is 0 Å². The first-order valence-corrected chi connectivity index (χ1v) is 5.54. The first kappa shape index (κ1) is 11.2. The van der Waals surface area contributed by atoms with E-state index in [-0.39, 0.29) is 0 Å². The zero-order valence-electron chi connectivity index (χ0n) is 9.15. The van der Waals surface area contributed by atoms with Gasteiger partial charge in [-0.1, -0.05) is 23.7 Å². The summed E-state index contributed by atoms with van der Waals surface area (Å²) in [5, 5.41) is 4.13. The normalized spacial score (nSPS) is 10.6. The molecular weight excluding hydrogens is 222 g/mol. The zero-order chi connectivity index (χ0) is 11.4. The predicted octanol–water partition coefficient (Wildman–Crippen LogP) is 2.36. The van der Waals surface area contributed by atoms with Crippen LogP contribution in [-0.4, -0.2) is 9.55 Å². The molecule has 0 amide bonds. The lowest BCUT2D eigenvalue weighted by Crippen LogP contribution is -2.14. The molecule has 4 heteroatoms. The number of imidazole rings is 1. The Morgan fingerprint density at radius 2 is 2.00 bits per heavy atom. The van der Waals surface area contributed by atoms with E-state index in [1.165, 1.54) is 11.3 Å². The summed E-state index contributed by atoms with van der Waals surface area (Å²) in [4.78, 5) is 4.06. The first-order chi connectivity index (χ1) is 7.75. The summed E-state index contributed by atoms with van der Waals surface area (Å²) >= 11 is 5.82. The van der Waals surface area contributed by atoms with Gasteiger partial charge in [0.15, 0.2) is 0 Å². The molecule has 1 N–H and O–H groups in total. The van der Waals surface area contributed by atoms with Gasteiger partial charge in [-0.05, 0) is 17.7 Å². The van der Waals surface area contributed by atoms with Crippen LogP contribution < -0.4 is 5.32 Å². The van der Waals surface area contributed by atoms with Crippen molar-refractivity contribution in [1.29, 1.82) is 0 Å². The van der Waals surface area contributed by atoms with Gasteiger partial charge in [0.25, 0.3) is 0 Å². The maximum absolute atomic E-state index is 5.82. The molecule has 1 aromatic carbocycles. The monoisotopic (exact) mass is 235 g/mol. The molecule has 0 saturated carbocycles. The van der Waals surface area contributed by atoms with Crippen LogP contribution in [0.3, 0.4) is 0 Å². The topological polar surface area (TPSA) is 29.9 Å². The molecule has 84 valence electrons. The SMILES string of the molecule is Cn1cncc1CNCc1ccc(Cl)cc1. The molecule has 0 unspecified atom stereocenters. The molecule has 16 heavy (non-hydrogen) atoms. The largest absolute Gasteiger partial charge is 0.337 e. The quantitative estimate of drug-likeness (QED) is 0.882. The Balaban J connectivity index is 1.84. The van der Waals surface area contributed by atoms with Gasteiger partial charge < -0.3 is 9.88 Å². The second kappa shape index (κ2) is 5.14. The average Bonchev–Trinajstić information content (AvgIpc) is 2.68. The number of nitrogens with one attached hydrogen (secondary N) is 1. The highest BCUT2D eigenvalue weighted by atomic mass is 35.5. The number of nitrogens with zero attached hydrogens (tertiary/aromatic N) is 2. The molecule has 2 rings (SSSR count). The van der Waals surface area contributed by atoms with Gasteiger partial charge in [-0.25, -0.2) is 4.98 Å². The van der Waals surface area contributed by atoms with Gasteiger partial charge in [0.05, 0.1) is 12.0 Å². The summed E-state index contributed by atoms with van der Waals surface area (Å²) in [7, 11) is 1.99. The summed E-state index contributed by atoms with van der Waals surface area (Å²) < 4.78 is 2.01. The summed E-state index contributed by atoms with van der Waals surface area (Å²) in [5.74, 6) is 0. The second-order valence-corrected chi connectivity index (χ2v) is 4.16. The van der Waals surface area contributed by atoms with Crippen molar-refractivity contribution in [1.82, 2.24) is 14.9 Å². The average molecular weight is 236 g/mol. The van der Waals surface area contributed by atoms with Crippen LogP contribution in [0.5, 0.6) is 0 Å². The number of benzene rings is 1. The molecule has 0 fully saturated rings. The van der Waals surface area contributed by atoms with Crippen LogP contribution >= 0.6 is 11.6 Å². The fourth-order valence-corrected chi connectivity index (χ4v) is 1.62. The van der Waals surface area contributed by atoms with Crippen molar-refractivity contribution in [3.8, 4) is 0 Å². The number of rotatable bonds is 4. The number of aromatic nitrogens is 2. The van der Waals surface area contributed by atoms with Crippen molar-refractivity contribution in [2.45, 2.75) is 13.1 Å². The molecular formula is C12H14ClN3. The molecule has 1 heterocycles. The fraction of sp³-hybridized carbons (Fsp3) is 0.250. The third kappa shape index (κ3) is 2.84. The van der Waals surface area contributed by atoms with Crippen LogP contribution in [0, 0.1) is 0 Å². The molecule has 0 saturated heterocycles. The molecule has 0 aliphatic rings. The lowest BCUT2D eigenvalue weighted by Gasteiger charge is -2.05. The van der Waals surface area contributed by atoms with Crippen LogP contribution in [0.15, 0.2) is 36.8 Å². The smallest absolute Gasteiger partial charge is 0.0945 e. The van der Waals surface area contributed by atoms with E-state index in [1.807, 2.05) is 42.1 Å². The number of halogens is 1. The highest BCUT2D eigenvalue weighted by molar-refractivity contribution is 6.30. The predicted molar refractivity (Wildman–Crippen MR) is 65.2 cm³/mol. The third-order valence-electron chi connectivity index (χ3n) is 2.46. The van der Waals surface area contributed by atoms with E-state index in [1.54, 1.807) is 6.33 Å². The Labute approximate surface area is 100 Å². The van der Waals surface area contributed by atoms with E-state index < -0.39 is 0 Å². The van der Waals surface area contributed by atoms with Crippen LogP contribution in [0.25, 0.3) is 0 Å². The maximum atomic E-state index is 5.82. The van der Waals surface area contributed by atoms with Crippen molar-refractivity contribution in [3.63, 3.8) is 0 Å². The Morgan fingerprint density at radius 3 is 2.62 bits per heavy atom. The molecule has 0 radical (unpaired) electrons. The van der Waals surface area contributed by atoms with Gasteiger partial charge in [-0.3, -0.25) is 0 Å². The van der Waals surface area contributed by atoms with Gasteiger partial charge in [-0.2, -0.15) is 0 Å². The highest BCUT2D eigenvalue weighted by Gasteiger charge is 1.97. The van der Waals surface area contributed by atoms with Crippen molar-refractivity contribution in [3.05, 3.63) is 53.1 Å². The highest BCUT2D eigenvalue weighted by Crippen LogP contribution is 2.09. The first-order valence-electron chi connectivity index (χ1n) is 5.16. The second-order valence-electron chi connectivity index (χ2n) is 3.73. The van der Waals surface area contributed by atoms with Crippen molar-refractivity contribution in [2.24, 2.45) is 7.05 Å². The Bertz CT molecular complexity index is 448. The van der Waals surface area contributed by atoms with Gasteiger partial charge in [0.2, 0.25) is 0 Å². The minimum atomic E-state index is 0.774. The maximum Gasteiger partial charge on any atom is 0.0945 e. The number of hydrogen-bond donors (Lipinski definition) is 1. The molecule has 0 atom stereocenters. The van der Waals surface area contributed by atoms with Crippen molar-refractivity contribution in [2.75, 3.05) is 0 Å². The van der Waals surface area contributed by atoms with E-state index in [4.69, 9.17) is 11.6 Å². The fourth-order valence-electron chi connectivity index (χ4n) is 1.49. The standard InChI is InChI=1S/C12H14ClN3/c1-16-9-15-8-12(16)7-14-6-10-2-4-11(13)5-3-10/h2-5,8-9,14H,6-7H2,1H3. The Kier molecular flexibility index (Phi) is 3.59. The van der Waals surface area contributed by atoms with Gasteiger partial charge >= 0.3 is 0 Å². The van der Waals surface area contributed by atoms with Gasteiger partial charge in [0, 0.05) is 31.4 Å². The lowest BCUT2D eigenvalue weighted by molar-refractivity contribution is 0.655. The molecule has 1 aromatic heterocycles.